The Balaban J connectivity index is 0.00000312. The molecule has 142 valence electrons. The van der Waals surface area contributed by atoms with E-state index in [-0.39, 0.29) is 28.7 Å². The fraction of sp³-hybridized carbons (Fsp3) is 0.667. The van der Waals surface area contributed by atoms with E-state index in [0.717, 1.165) is 50.3 Å². The minimum absolute atomic E-state index is 0. The standard InChI is InChI=1S/C18H31N5S.HI/c1-6-22(7-2)16-9-8-15(12-20-16)13-21-17(19-5)23-10-11-24-18(3,4)14-23;/h8-9,12H,6-7,10-11,13-14H2,1-5H3,(H,19,21);1H. The Kier molecular flexibility index (Phi) is 9.34. The Bertz CT molecular complexity index is 543. The SMILES string of the molecule is CCN(CC)c1ccc(CNC(=NC)N2CCSC(C)(C)C2)cn1.I. The van der Waals surface area contributed by atoms with Gasteiger partial charge in [-0.2, -0.15) is 11.8 Å². The highest BCUT2D eigenvalue weighted by atomic mass is 127. The number of hydrogen-bond acceptors (Lipinski definition) is 4. The second-order valence-electron chi connectivity index (χ2n) is 6.63. The van der Waals surface area contributed by atoms with Gasteiger partial charge in [-0.15, -0.1) is 24.0 Å². The predicted molar refractivity (Wildman–Crippen MR) is 122 cm³/mol. The fourth-order valence-corrected chi connectivity index (χ4v) is 4.08. The molecule has 1 N–H and O–H groups in total. The molecular formula is C18H32IN5S. The Morgan fingerprint density at radius 1 is 1.36 bits per heavy atom. The number of rotatable bonds is 5. The van der Waals surface area contributed by atoms with Crippen LogP contribution < -0.4 is 10.2 Å². The summed E-state index contributed by atoms with van der Waals surface area (Å²) in [6.45, 7) is 13.7. The third-order valence-electron chi connectivity index (χ3n) is 4.28. The predicted octanol–water partition coefficient (Wildman–Crippen LogP) is 3.45. The van der Waals surface area contributed by atoms with Crippen LogP contribution >= 0.6 is 35.7 Å². The largest absolute Gasteiger partial charge is 0.357 e. The summed E-state index contributed by atoms with van der Waals surface area (Å²) in [7, 11) is 1.86. The molecule has 1 aliphatic heterocycles. The summed E-state index contributed by atoms with van der Waals surface area (Å²) in [5.41, 5.74) is 1.18. The van der Waals surface area contributed by atoms with Crippen LogP contribution in [0.4, 0.5) is 5.82 Å². The van der Waals surface area contributed by atoms with Crippen molar-refractivity contribution in [3.63, 3.8) is 0 Å². The Morgan fingerprint density at radius 3 is 2.60 bits per heavy atom. The monoisotopic (exact) mass is 477 g/mol. The average molecular weight is 477 g/mol. The molecule has 1 saturated heterocycles. The Labute approximate surface area is 174 Å². The van der Waals surface area contributed by atoms with E-state index in [4.69, 9.17) is 0 Å². The fourth-order valence-electron chi connectivity index (χ4n) is 2.97. The van der Waals surface area contributed by atoms with Gasteiger partial charge in [0.05, 0.1) is 0 Å². The molecule has 0 radical (unpaired) electrons. The van der Waals surface area contributed by atoms with E-state index in [0.29, 0.717) is 0 Å². The van der Waals surface area contributed by atoms with E-state index in [1.165, 1.54) is 5.56 Å². The van der Waals surface area contributed by atoms with Crippen LogP contribution in [0.5, 0.6) is 0 Å². The number of pyridine rings is 1. The number of halogens is 1. The number of anilines is 1. The van der Waals surface area contributed by atoms with Crippen molar-refractivity contribution < 1.29 is 0 Å². The number of aromatic nitrogens is 1. The molecule has 1 aromatic heterocycles. The molecule has 0 bridgehead atoms. The van der Waals surface area contributed by atoms with E-state index in [1.54, 1.807) is 0 Å². The maximum atomic E-state index is 4.59. The molecule has 0 aromatic carbocycles. The van der Waals surface area contributed by atoms with Crippen molar-refractivity contribution >= 4 is 47.5 Å². The molecule has 2 heterocycles. The van der Waals surface area contributed by atoms with Gasteiger partial charge in [-0.25, -0.2) is 4.98 Å². The van der Waals surface area contributed by atoms with E-state index < -0.39 is 0 Å². The summed E-state index contributed by atoms with van der Waals surface area (Å²) in [5.74, 6) is 3.17. The van der Waals surface area contributed by atoms with E-state index in [9.17, 15) is 0 Å². The molecule has 5 nitrogen and oxygen atoms in total. The molecule has 1 aliphatic rings. The average Bonchev–Trinajstić information content (AvgIpc) is 2.57. The molecule has 0 amide bonds. The topological polar surface area (TPSA) is 43.8 Å². The number of aliphatic imine (C=N–C) groups is 1. The van der Waals surface area contributed by atoms with Gasteiger partial charge in [-0.1, -0.05) is 6.07 Å². The number of hydrogen-bond donors (Lipinski definition) is 1. The van der Waals surface area contributed by atoms with Crippen LogP contribution in [0.1, 0.15) is 33.3 Å². The van der Waals surface area contributed by atoms with Crippen LogP contribution in [-0.2, 0) is 6.54 Å². The van der Waals surface area contributed by atoms with Crippen LogP contribution in [0.15, 0.2) is 23.3 Å². The van der Waals surface area contributed by atoms with E-state index in [2.05, 4.69) is 64.9 Å². The quantitative estimate of drug-likeness (QED) is 0.400. The Morgan fingerprint density at radius 2 is 2.08 bits per heavy atom. The summed E-state index contributed by atoms with van der Waals surface area (Å²) in [5, 5.41) is 3.48. The highest BCUT2D eigenvalue weighted by Gasteiger charge is 2.28. The van der Waals surface area contributed by atoms with Crippen molar-refractivity contribution in [1.29, 1.82) is 0 Å². The van der Waals surface area contributed by atoms with Gasteiger partial charge in [0.2, 0.25) is 0 Å². The van der Waals surface area contributed by atoms with E-state index >= 15 is 0 Å². The lowest BCUT2D eigenvalue weighted by molar-refractivity contribution is 0.375. The molecule has 1 fully saturated rings. The summed E-state index contributed by atoms with van der Waals surface area (Å²) < 4.78 is 0.281. The molecule has 0 unspecified atom stereocenters. The second-order valence-corrected chi connectivity index (χ2v) is 8.43. The highest BCUT2D eigenvalue weighted by Crippen LogP contribution is 2.29. The van der Waals surface area contributed by atoms with Gasteiger partial charge in [0.1, 0.15) is 5.82 Å². The summed E-state index contributed by atoms with van der Waals surface area (Å²) in [4.78, 5) is 13.7. The zero-order valence-corrected chi connectivity index (χ0v) is 19.2. The number of thioether (sulfide) groups is 1. The molecule has 7 heteroatoms. The van der Waals surface area contributed by atoms with Crippen molar-refractivity contribution in [3.05, 3.63) is 23.9 Å². The van der Waals surface area contributed by atoms with Crippen molar-refractivity contribution in [2.75, 3.05) is 43.9 Å². The first-order valence-corrected chi connectivity index (χ1v) is 9.77. The number of guanidine groups is 1. The van der Waals surface area contributed by atoms with Crippen molar-refractivity contribution in [2.24, 2.45) is 4.99 Å². The number of nitrogens with one attached hydrogen (secondary N) is 1. The third-order valence-corrected chi connectivity index (χ3v) is 5.58. The summed E-state index contributed by atoms with van der Waals surface area (Å²) in [6, 6.07) is 4.25. The van der Waals surface area contributed by atoms with Crippen LogP contribution in [0.25, 0.3) is 0 Å². The van der Waals surface area contributed by atoms with Crippen LogP contribution in [0.2, 0.25) is 0 Å². The van der Waals surface area contributed by atoms with Gasteiger partial charge in [0.15, 0.2) is 5.96 Å². The normalized spacial score (nSPS) is 17.0. The Hall–Kier alpha value is -0.700. The molecule has 1 aromatic rings. The van der Waals surface area contributed by atoms with E-state index in [1.807, 2.05) is 25.0 Å². The molecule has 25 heavy (non-hydrogen) atoms. The van der Waals surface area contributed by atoms with Gasteiger partial charge in [-0.3, -0.25) is 4.99 Å². The molecule has 0 saturated carbocycles. The summed E-state index contributed by atoms with van der Waals surface area (Å²) in [6.07, 6.45) is 1.96. The first-order valence-electron chi connectivity index (χ1n) is 8.78. The zero-order chi connectivity index (χ0) is 17.6. The molecule has 2 rings (SSSR count). The van der Waals surface area contributed by atoms with Gasteiger partial charge in [0, 0.05) is 56.5 Å². The van der Waals surface area contributed by atoms with Crippen molar-refractivity contribution in [3.8, 4) is 0 Å². The maximum Gasteiger partial charge on any atom is 0.193 e. The molecule has 0 aliphatic carbocycles. The lowest BCUT2D eigenvalue weighted by Crippen LogP contribution is -2.50. The third kappa shape index (κ3) is 6.51. The summed E-state index contributed by atoms with van der Waals surface area (Å²) >= 11 is 2.04. The van der Waals surface area contributed by atoms with Gasteiger partial charge in [0.25, 0.3) is 0 Å². The van der Waals surface area contributed by atoms with Gasteiger partial charge < -0.3 is 15.1 Å². The van der Waals surface area contributed by atoms with Gasteiger partial charge >= 0.3 is 0 Å². The minimum Gasteiger partial charge on any atom is -0.357 e. The highest BCUT2D eigenvalue weighted by molar-refractivity contribution is 14.0. The minimum atomic E-state index is 0. The first kappa shape index (κ1) is 22.3. The van der Waals surface area contributed by atoms with Crippen LogP contribution in [0.3, 0.4) is 0 Å². The molecule has 0 spiro atoms. The zero-order valence-electron chi connectivity index (χ0n) is 16.1. The van der Waals surface area contributed by atoms with Crippen molar-refractivity contribution in [1.82, 2.24) is 15.2 Å². The molecular weight excluding hydrogens is 445 g/mol. The van der Waals surface area contributed by atoms with Gasteiger partial charge in [-0.05, 0) is 39.3 Å². The first-order chi connectivity index (χ1) is 11.5. The van der Waals surface area contributed by atoms with Crippen LogP contribution in [-0.4, -0.2) is 59.6 Å². The maximum absolute atomic E-state index is 4.59. The van der Waals surface area contributed by atoms with Crippen molar-refractivity contribution in [2.45, 2.75) is 39.0 Å². The molecule has 0 atom stereocenters. The lowest BCUT2D eigenvalue weighted by Gasteiger charge is -2.39. The smallest absolute Gasteiger partial charge is 0.193 e. The second kappa shape index (κ2) is 10.4. The lowest BCUT2D eigenvalue weighted by atomic mass is 10.2. The van der Waals surface area contributed by atoms with Crippen LogP contribution in [0, 0.1) is 0 Å². The number of nitrogens with zero attached hydrogens (tertiary/aromatic N) is 4.